The van der Waals surface area contributed by atoms with E-state index in [0.29, 0.717) is 6.04 Å². The van der Waals surface area contributed by atoms with Crippen molar-refractivity contribution in [3.8, 4) is 0 Å². The summed E-state index contributed by atoms with van der Waals surface area (Å²) in [5.41, 5.74) is 0.133. The molecule has 2 heterocycles. The van der Waals surface area contributed by atoms with Gasteiger partial charge in [0.1, 0.15) is 0 Å². The molecule has 0 saturated carbocycles. The molecule has 2 aliphatic rings. The van der Waals surface area contributed by atoms with Gasteiger partial charge in [-0.3, -0.25) is 4.90 Å². The molecule has 1 N–H and O–H groups in total. The van der Waals surface area contributed by atoms with Gasteiger partial charge in [-0.15, -0.1) is 0 Å². The fourth-order valence-electron chi connectivity index (χ4n) is 2.64. The first-order valence-corrected chi connectivity index (χ1v) is 5.65. The molecule has 0 bridgehead atoms. The molecule has 0 amide bonds. The minimum Gasteiger partial charge on any atom is -0.376 e. The highest BCUT2D eigenvalue weighted by Gasteiger charge is 2.42. The molecule has 2 fully saturated rings. The lowest BCUT2D eigenvalue weighted by Crippen LogP contribution is -2.65. The number of hydrogen-bond donors (Lipinski definition) is 1. The molecule has 2 saturated heterocycles. The van der Waals surface area contributed by atoms with E-state index in [1.54, 1.807) is 0 Å². The van der Waals surface area contributed by atoms with Crippen molar-refractivity contribution in [1.82, 2.24) is 10.2 Å². The number of methoxy groups -OCH3 is 1. The Labute approximate surface area is 86.8 Å². The summed E-state index contributed by atoms with van der Waals surface area (Å²) < 4.78 is 5.46. The molecule has 0 aliphatic carbocycles. The van der Waals surface area contributed by atoms with Crippen LogP contribution in [-0.2, 0) is 4.74 Å². The molecule has 0 radical (unpaired) electrons. The molecule has 2 unspecified atom stereocenters. The monoisotopic (exact) mass is 198 g/mol. The van der Waals surface area contributed by atoms with Gasteiger partial charge in [0.05, 0.1) is 5.60 Å². The SMILES string of the molecule is COC1(C)CN(C2CCNC(C)C2)C1. The first kappa shape index (κ1) is 10.4. The van der Waals surface area contributed by atoms with Crippen molar-refractivity contribution in [3.63, 3.8) is 0 Å². The van der Waals surface area contributed by atoms with Crippen LogP contribution in [0.15, 0.2) is 0 Å². The van der Waals surface area contributed by atoms with Gasteiger partial charge in [0.15, 0.2) is 0 Å². The Balaban J connectivity index is 1.81. The van der Waals surface area contributed by atoms with E-state index in [-0.39, 0.29) is 5.60 Å². The van der Waals surface area contributed by atoms with Gasteiger partial charge in [-0.25, -0.2) is 0 Å². The standard InChI is InChI=1S/C11H22N2O/c1-9-6-10(4-5-12-9)13-7-11(2,8-13)14-3/h9-10,12H,4-8H2,1-3H3. The predicted octanol–water partition coefficient (Wildman–Crippen LogP) is 0.848. The summed E-state index contributed by atoms with van der Waals surface area (Å²) in [5, 5.41) is 3.49. The fraction of sp³-hybridized carbons (Fsp3) is 1.00. The van der Waals surface area contributed by atoms with Crippen LogP contribution >= 0.6 is 0 Å². The molecule has 0 aromatic carbocycles. The van der Waals surface area contributed by atoms with Gasteiger partial charge in [-0.1, -0.05) is 0 Å². The average Bonchev–Trinajstić information content (AvgIpc) is 2.13. The lowest BCUT2D eigenvalue weighted by Gasteiger charge is -2.52. The van der Waals surface area contributed by atoms with Crippen LogP contribution in [0, 0.1) is 0 Å². The Morgan fingerprint density at radius 1 is 1.43 bits per heavy atom. The van der Waals surface area contributed by atoms with E-state index in [1.807, 2.05) is 7.11 Å². The molecule has 3 heteroatoms. The van der Waals surface area contributed by atoms with Gasteiger partial charge < -0.3 is 10.1 Å². The van der Waals surface area contributed by atoms with Crippen molar-refractivity contribution in [2.24, 2.45) is 0 Å². The largest absolute Gasteiger partial charge is 0.376 e. The van der Waals surface area contributed by atoms with Gasteiger partial charge >= 0.3 is 0 Å². The Kier molecular flexibility index (Phi) is 2.82. The highest BCUT2D eigenvalue weighted by molar-refractivity contribution is 4.98. The zero-order valence-electron chi connectivity index (χ0n) is 9.55. The molecule has 82 valence electrons. The van der Waals surface area contributed by atoms with Crippen LogP contribution < -0.4 is 5.32 Å². The maximum absolute atomic E-state index is 5.46. The van der Waals surface area contributed by atoms with Crippen LogP contribution in [0.3, 0.4) is 0 Å². The smallest absolute Gasteiger partial charge is 0.0903 e. The Hall–Kier alpha value is -0.120. The molecule has 14 heavy (non-hydrogen) atoms. The van der Waals surface area contributed by atoms with Crippen molar-refractivity contribution in [2.45, 2.75) is 44.4 Å². The van der Waals surface area contributed by atoms with Crippen molar-refractivity contribution in [3.05, 3.63) is 0 Å². The van der Waals surface area contributed by atoms with Gasteiger partial charge in [0.2, 0.25) is 0 Å². The summed E-state index contributed by atoms with van der Waals surface area (Å²) in [6, 6.07) is 1.47. The number of likely N-dealkylation sites (tertiary alicyclic amines) is 1. The average molecular weight is 198 g/mol. The van der Waals surface area contributed by atoms with Crippen LogP contribution in [0.1, 0.15) is 26.7 Å². The molecular formula is C11H22N2O. The first-order chi connectivity index (χ1) is 6.63. The van der Waals surface area contributed by atoms with E-state index >= 15 is 0 Å². The van der Waals surface area contributed by atoms with Gasteiger partial charge in [-0.2, -0.15) is 0 Å². The zero-order chi connectivity index (χ0) is 10.2. The molecule has 0 aromatic heterocycles. The van der Waals surface area contributed by atoms with Crippen LogP contribution in [0.5, 0.6) is 0 Å². The van der Waals surface area contributed by atoms with E-state index in [0.717, 1.165) is 19.1 Å². The molecule has 0 aromatic rings. The van der Waals surface area contributed by atoms with Crippen LogP contribution in [0.25, 0.3) is 0 Å². The quantitative estimate of drug-likeness (QED) is 0.712. The van der Waals surface area contributed by atoms with Gasteiger partial charge in [0.25, 0.3) is 0 Å². The second-order valence-corrected chi connectivity index (χ2v) is 5.09. The third kappa shape index (κ3) is 1.95. The van der Waals surface area contributed by atoms with E-state index in [4.69, 9.17) is 4.74 Å². The molecule has 2 aliphatic heterocycles. The Bertz CT molecular complexity index is 201. The Morgan fingerprint density at radius 3 is 2.71 bits per heavy atom. The highest BCUT2D eigenvalue weighted by Crippen LogP contribution is 2.29. The lowest BCUT2D eigenvalue weighted by molar-refractivity contribution is -0.130. The predicted molar refractivity (Wildman–Crippen MR) is 57.5 cm³/mol. The fourth-order valence-corrected chi connectivity index (χ4v) is 2.64. The number of nitrogens with zero attached hydrogens (tertiary/aromatic N) is 1. The van der Waals surface area contributed by atoms with E-state index < -0.39 is 0 Å². The minimum atomic E-state index is 0.133. The van der Waals surface area contributed by atoms with Crippen molar-refractivity contribution >= 4 is 0 Å². The van der Waals surface area contributed by atoms with Gasteiger partial charge in [-0.05, 0) is 33.2 Å². The number of hydrogen-bond acceptors (Lipinski definition) is 3. The third-order valence-electron chi connectivity index (χ3n) is 3.68. The second-order valence-electron chi connectivity index (χ2n) is 5.09. The molecule has 2 rings (SSSR count). The van der Waals surface area contributed by atoms with Crippen LogP contribution in [-0.4, -0.2) is 49.3 Å². The maximum atomic E-state index is 5.46. The summed E-state index contributed by atoms with van der Waals surface area (Å²) in [5.74, 6) is 0. The number of rotatable bonds is 2. The van der Waals surface area contributed by atoms with E-state index in [1.165, 1.54) is 19.4 Å². The second kappa shape index (κ2) is 3.80. The van der Waals surface area contributed by atoms with Crippen molar-refractivity contribution in [1.29, 1.82) is 0 Å². The summed E-state index contributed by atoms with van der Waals surface area (Å²) >= 11 is 0. The third-order valence-corrected chi connectivity index (χ3v) is 3.68. The van der Waals surface area contributed by atoms with Gasteiger partial charge in [0, 0.05) is 32.3 Å². The molecule has 0 spiro atoms. The highest BCUT2D eigenvalue weighted by atomic mass is 16.5. The molecule has 2 atom stereocenters. The number of piperidine rings is 1. The van der Waals surface area contributed by atoms with Crippen molar-refractivity contribution in [2.75, 3.05) is 26.7 Å². The summed E-state index contributed by atoms with van der Waals surface area (Å²) in [4.78, 5) is 2.57. The van der Waals surface area contributed by atoms with Crippen LogP contribution in [0.2, 0.25) is 0 Å². The molecular weight excluding hydrogens is 176 g/mol. The lowest BCUT2D eigenvalue weighted by atomic mass is 9.89. The summed E-state index contributed by atoms with van der Waals surface area (Å²) in [6.45, 7) is 7.88. The first-order valence-electron chi connectivity index (χ1n) is 5.65. The summed E-state index contributed by atoms with van der Waals surface area (Å²) in [6.07, 6.45) is 2.59. The normalized spacial score (nSPS) is 37.9. The maximum Gasteiger partial charge on any atom is 0.0903 e. The number of ether oxygens (including phenoxy) is 1. The Morgan fingerprint density at radius 2 is 2.14 bits per heavy atom. The number of nitrogens with one attached hydrogen (secondary N) is 1. The van der Waals surface area contributed by atoms with Crippen molar-refractivity contribution < 1.29 is 4.74 Å². The summed E-state index contributed by atoms with van der Waals surface area (Å²) in [7, 11) is 1.82. The van der Waals surface area contributed by atoms with Crippen LogP contribution in [0.4, 0.5) is 0 Å². The minimum absolute atomic E-state index is 0.133. The van der Waals surface area contributed by atoms with E-state index in [9.17, 15) is 0 Å². The molecule has 3 nitrogen and oxygen atoms in total. The zero-order valence-corrected chi connectivity index (χ0v) is 9.55. The topological polar surface area (TPSA) is 24.5 Å². The van der Waals surface area contributed by atoms with E-state index in [2.05, 4.69) is 24.1 Å².